The van der Waals surface area contributed by atoms with Crippen molar-refractivity contribution in [3.05, 3.63) is 52.3 Å². The van der Waals surface area contributed by atoms with Crippen LogP contribution in [-0.2, 0) is 0 Å². The maximum Gasteiger partial charge on any atom is 0.173 e. The van der Waals surface area contributed by atoms with Crippen molar-refractivity contribution in [1.29, 1.82) is 0 Å². The molecule has 3 aromatic rings. The van der Waals surface area contributed by atoms with Crippen molar-refractivity contribution in [1.82, 2.24) is 24.7 Å². The molecule has 0 aromatic carbocycles. The first-order chi connectivity index (χ1) is 10.5. The maximum absolute atomic E-state index is 6.49. The quantitative estimate of drug-likeness (QED) is 0.709. The van der Waals surface area contributed by atoms with Gasteiger partial charge in [-0.05, 0) is 26.0 Å². The lowest BCUT2D eigenvalue weighted by atomic mass is 10.4. The second-order valence-electron chi connectivity index (χ2n) is 4.57. The van der Waals surface area contributed by atoms with Crippen molar-refractivity contribution < 1.29 is 0 Å². The summed E-state index contributed by atoms with van der Waals surface area (Å²) >= 11 is 13.6. The van der Waals surface area contributed by atoms with Crippen LogP contribution in [0.4, 0.5) is 0 Å². The molecule has 112 valence electrons. The van der Waals surface area contributed by atoms with Crippen LogP contribution in [0.25, 0.3) is 5.82 Å². The molecule has 0 aliphatic rings. The molecule has 0 atom stereocenters. The molecule has 0 amide bonds. The Bertz CT molecular complexity index is 817. The molecule has 0 aliphatic heterocycles. The monoisotopic (exact) mass is 351 g/mol. The van der Waals surface area contributed by atoms with Crippen molar-refractivity contribution in [3.63, 3.8) is 0 Å². The smallest absolute Gasteiger partial charge is 0.173 e. The Morgan fingerprint density at radius 2 is 1.91 bits per heavy atom. The van der Waals surface area contributed by atoms with Crippen molar-refractivity contribution >= 4 is 35.0 Å². The Morgan fingerprint density at radius 1 is 1.09 bits per heavy atom. The fraction of sp³-hybridized carbons (Fsp3) is 0.143. The fourth-order valence-corrected chi connectivity index (χ4v) is 3.10. The number of pyridine rings is 1. The first-order valence-corrected chi connectivity index (χ1v) is 7.95. The molecule has 0 bridgehead atoms. The predicted molar refractivity (Wildman–Crippen MR) is 87.0 cm³/mol. The number of halogens is 2. The van der Waals surface area contributed by atoms with Gasteiger partial charge < -0.3 is 0 Å². The molecule has 0 fully saturated rings. The van der Waals surface area contributed by atoms with Crippen LogP contribution >= 0.6 is 35.0 Å². The lowest BCUT2D eigenvalue weighted by molar-refractivity contribution is 0.802. The van der Waals surface area contributed by atoms with Crippen LogP contribution in [0, 0.1) is 13.8 Å². The van der Waals surface area contributed by atoms with E-state index in [0.717, 1.165) is 16.3 Å². The minimum Gasteiger partial charge on any atom is -0.245 e. The van der Waals surface area contributed by atoms with Gasteiger partial charge in [0.1, 0.15) is 10.2 Å². The SMILES string of the molecule is Cc1cc(C)n(-c2nccc(Sc3cnc(Cl)cn3)c2Cl)n1. The van der Waals surface area contributed by atoms with Gasteiger partial charge >= 0.3 is 0 Å². The number of hydrogen-bond acceptors (Lipinski definition) is 5. The van der Waals surface area contributed by atoms with Crippen molar-refractivity contribution in [2.45, 2.75) is 23.8 Å². The number of hydrogen-bond donors (Lipinski definition) is 0. The van der Waals surface area contributed by atoms with Crippen LogP contribution in [0.1, 0.15) is 11.4 Å². The Labute approximate surface area is 141 Å². The molecule has 22 heavy (non-hydrogen) atoms. The fourth-order valence-electron chi connectivity index (χ4n) is 1.95. The van der Waals surface area contributed by atoms with Crippen LogP contribution in [0.5, 0.6) is 0 Å². The van der Waals surface area contributed by atoms with Gasteiger partial charge in [-0.25, -0.2) is 19.6 Å². The van der Waals surface area contributed by atoms with E-state index in [-0.39, 0.29) is 0 Å². The zero-order chi connectivity index (χ0) is 15.7. The predicted octanol–water partition coefficient (Wildman–Crippen LogP) is 4.13. The average Bonchev–Trinajstić information content (AvgIpc) is 2.82. The van der Waals surface area contributed by atoms with E-state index in [1.165, 1.54) is 18.0 Å². The Morgan fingerprint density at radius 3 is 2.55 bits per heavy atom. The summed E-state index contributed by atoms with van der Waals surface area (Å²) in [5, 5.41) is 6.00. The highest BCUT2D eigenvalue weighted by Crippen LogP contribution is 2.34. The Balaban J connectivity index is 1.98. The molecule has 0 spiro atoms. The summed E-state index contributed by atoms with van der Waals surface area (Å²) in [4.78, 5) is 13.4. The van der Waals surface area contributed by atoms with Gasteiger partial charge in [0.05, 0.1) is 23.1 Å². The summed E-state index contributed by atoms with van der Waals surface area (Å²) in [6.45, 7) is 3.89. The minimum atomic E-state index is 0.355. The summed E-state index contributed by atoms with van der Waals surface area (Å²) in [5.74, 6) is 0.596. The van der Waals surface area contributed by atoms with Crippen LogP contribution in [0.3, 0.4) is 0 Å². The summed E-state index contributed by atoms with van der Waals surface area (Å²) < 4.78 is 1.73. The van der Waals surface area contributed by atoms with Crippen LogP contribution in [0.2, 0.25) is 10.2 Å². The highest BCUT2D eigenvalue weighted by Gasteiger charge is 2.14. The average molecular weight is 352 g/mol. The molecular formula is C14H11Cl2N5S. The zero-order valence-corrected chi connectivity index (χ0v) is 14.1. The lowest BCUT2D eigenvalue weighted by Crippen LogP contribution is -2.03. The molecule has 0 unspecified atom stereocenters. The van der Waals surface area contributed by atoms with Gasteiger partial charge in [0.15, 0.2) is 5.82 Å². The summed E-state index contributed by atoms with van der Waals surface area (Å²) in [7, 11) is 0. The van der Waals surface area contributed by atoms with Gasteiger partial charge in [-0.15, -0.1) is 0 Å². The Kier molecular flexibility index (Phi) is 4.33. The van der Waals surface area contributed by atoms with Gasteiger partial charge in [0.25, 0.3) is 0 Å². The van der Waals surface area contributed by atoms with Crippen molar-refractivity contribution in [2.75, 3.05) is 0 Å². The van der Waals surface area contributed by atoms with Gasteiger partial charge in [0, 0.05) is 16.8 Å². The van der Waals surface area contributed by atoms with Crippen LogP contribution in [-0.4, -0.2) is 24.7 Å². The molecule has 0 radical (unpaired) electrons. The topological polar surface area (TPSA) is 56.5 Å². The lowest BCUT2D eigenvalue weighted by Gasteiger charge is -2.09. The third-order valence-corrected chi connectivity index (χ3v) is 4.52. The van der Waals surface area contributed by atoms with E-state index in [1.807, 2.05) is 26.0 Å². The molecule has 3 aromatic heterocycles. The second kappa shape index (κ2) is 6.24. The van der Waals surface area contributed by atoms with E-state index in [1.54, 1.807) is 17.1 Å². The van der Waals surface area contributed by atoms with Crippen molar-refractivity contribution in [2.24, 2.45) is 0 Å². The molecule has 0 saturated heterocycles. The molecule has 0 saturated carbocycles. The second-order valence-corrected chi connectivity index (χ2v) is 6.39. The van der Waals surface area contributed by atoms with E-state index in [0.29, 0.717) is 21.0 Å². The first-order valence-electron chi connectivity index (χ1n) is 6.38. The van der Waals surface area contributed by atoms with Crippen LogP contribution in [0.15, 0.2) is 40.6 Å². The van der Waals surface area contributed by atoms with E-state index < -0.39 is 0 Å². The molecule has 0 aliphatic carbocycles. The summed E-state index contributed by atoms with van der Waals surface area (Å²) in [6, 6.07) is 3.81. The Hall–Kier alpha value is -1.63. The molecule has 3 heterocycles. The molecular weight excluding hydrogens is 341 g/mol. The number of aryl methyl sites for hydroxylation is 2. The molecule has 8 heteroatoms. The molecule has 0 N–H and O–H groups in total. The highest BCUT2D eigenvalue weighted by molar-refractivity contribution is 7.99. The standard InChI is InChI=1S/C14H11Cl2N5S/c1-8-5-9(2)21(20-8)14-13(16)10(3-4-17-14)22-12-7-18-11(15)6-19-12/h3-7H,1-2H3. The van der Waals surface area contributed by atoms with E-state index in [2.05, 4.69) is 20.1 Å². The van der Waals surface area contributed by atoms with Gasteiger partial charge in [-0.3, -0.25) is 0 Å². The first kappa shape index (κ1) is 15.3. The molecule has 5 nitrogen and oxygen atoms in total. The third-order valence-electron chi connectivity index (χ3n) is 2.86. The highest BCUT2D eigenvalue weighted by atomic mass is 35.5. The van der Waals surface area contributed by atoms with Gasteiger partial charge in [-0.2, -0.15) is 5.10 Å². The van der Waals surface area contributed by atoms with E-state index in [4.69, 9.17) is 23.2 Å². The maximum atomic E-state index is 6.49. The number of nitrogens with zero attached hydrogens (tertiary/aromatic N) is 5. The third kappa shape index (κ3) is 3.09. The van der Waals surface area contributed by atoms with Crippen LogP contribution < -0.4 is 0 Å². The summed E-state index contributed by atoms with van der Waals surface area (Å²) in [6.07, 6.45) is 4.80. The minimum absolute atomic E-state index is 0.355. The normalized spacial score (nSPS) is 10.9. The van der Waals surface area contributed by atoms with Crippen molar-refractivity contribution in [3.8, 4) is 5.82 Å². The largest absolute Gasteiger partial charge is 0.245 e. The molecule has 3 rings (SSSR count). The number of rotatable bonds is 3. The van der Waals surface area contributed by atoms with E-state index in [9.17, 15) is 0 Å². The summed E-state index contributed by atoms with van der Waals surface area (Å²) in [5.41, 5.74) is 1.89. The zero-order valence-electron chi connectivity index (χ0n) is 11.8. The number of aromatic nitrogens is 5. The van der Waals surface area contributed by atoms with E-state index >= 15 is 0 Å². The van der Waals surface area contributed by atoms with Gasteiger partial charge in [-0.1, -0.05) is 35.0 Å². The van der Waals surface area contributed by atoms with Gasteiger partial charge in [0.2, 0.25) is 0 Å².